The van der Waals surface area contributed by atoms with Crippen molar-refractivity contribution in [2.24, 2.45) is 4.99 Å². The Balaban J connectivity index is 3.17. The number of aromatic hydroxyl groups is 1. The molecule has 0 radical (unpaired) electrons. The second-order valence-corrected chi connectivity index (χ2v) is 5.51. The zero-order chi connectivity index (χ0) is 16.0. The molecular formula is C12H16N3O4S2-. The SMILES string of the molecule is CCn1c(O)c(C=N[C@H](CCSC)C(=O)[O-])c(=O)[nH]c1=S. The predicted molar refractivity (Wildman–Crippen MR) is 82.6 cm³/mol. The smallest absolute Gasteiger partial charge is 0.264 e. The highest BCUT2D eigenvalue weighted by atomic mass is 32.2. The van der Waals surface area contributed by atoms with E-state index >= 15 is 0 Å². The fourth-order valence-electron chi connectivity index (χ4n) is 1.63. The average Bonchev–Trinajstić information content (AvgIpc) is 2.41. The Hall–Kier alpha value is -1.61. The number of nitrogens with one attached hydrogen (secondary N) is 1. The molecule has 21 heavy (non-hydrogen) atoms. The standard InChI is InChI=1S/C12H17N3O4S2/c1-3-15-10(17)7(9(16)14-12(15)20)6-13-8(11(18)19)4-5-21-2/h6,8,17H,3-5H2,1-2H3,(H,18,19)(H,14,16,20)/p-1/t8-/m1/s1. The topological polar surface area (TPSA) is 111 Å². The highest BCUT2D eigenvalue weighted by molar-refractivity contribution is 7.98. The van der Waals surface area contributed by atoms with Crippen LogP contribution in [0.15, 0.2) is 9.79 Å². The van der Waals surface area contributed by atoms with E-state index in [-0.39, 0.29) is 22.6 Å². The number of aliphatic carboxylic acids is 1. The van der Waals surface area contributed by atoms with Gasteiger partial charge in [-0.05, 0) is 37.6 Å². The first kappa shape index (κ1) is 17.4. The molecule has 0 aromatic carbocycles. The van der Waals surface area contributed by atoms with Crippen molar-refractivity contribution in [3.05, 3.63) is 20.7 Å². The van der Waals surface area contributed by atoms with E-state index in [9.17, 15) is 19.8 Å². The molecule has 0 aliphatic heterocycles. The summed E-state index contributed by atoms with van der Waals surface area (Å²) in [7, 11) is 0. The molecule has 9 heteroatoms. The average molecular weight is 330 g/mol. The molecule has 0 unspecified atom stereocenters. The number of hydrogen-bond donors (Lipinski definition) is 2. The Bertz CT molecular complexity index is 651. The lowest BCUT2D eigenvalue weighted by Gasteiger charge is -2.13. The number of carbonyl (C=O) groups excluding carboxylic acids is 1. The summed E-state index contributed by atoms with van der Waals surface area (Å²) < 4.78 is 1.41. The van der Waals surface area contributed by atoms with Crippen LogP contribution < -0.4 is 10.7 Å². The van der Waals surface area contributed by atoms with E-state index in [4.69, 9.17) is 12.2 Å². The number of carboxylic acids is 1. The maximum atomic E-state index is 11.8. The fourth-order valence-corrected chi connectivity index (χ4v) is 2.40. The monoisotopic (exact) mass is 330 g/mol. The molecule has 0 aliphatic carbocycles. The first-order chi connectivity index (χ1) is 9.92. The molecule has 0 fully saturated rings. The lowest BCUT2D eigenvalue weighted by Crippen LogP contribution is -2.35. The van der Waals surface area contributed by atoms with Crippen molar-refractivity contribution < 1.29 is 15.0 Å². The molecule has 2 N–H and O–H groups in total. The second kappa shape index (κ2) is 7.99. The third kappa shape index (κ3) is 4.43. The molecule has 0 saturated carbocycles. The number of aromatic amines is 1. The zero-order valence-electron chi connectivity index (χ0n) is 11.7. The molecule has 0 spiro atoms. The summed E-state index contributed by atoms with van der Waals surface area (Å²) in [4.78, 5) is 29.0. The number of H-pyrrole nitrogens is 1. The summed E-state index contributed by atoms with van der Waals surface area (Å²) >= 11 is 6.40. The molecule has 0 bridgehead atoms. The minimum atomic E-state index is -1.32. The van der Waals surface area contributed by atoms with Crippen LogP contribution in [0.5, 0.6) is 5.88 Å². The molecule has 1 atom stereocenters. The Morgan fingerprint density at radius 3 is 2.86 bits per heavy atom. The molecule has 7 nitrogen and oxygen atoms in total. The van der Waals surface area contributed by atoms with Crippen molar-refractivity contribution in [2.45, 2.75) is 25.9 Å². The number of carbonyl (C=O) groups is 1. The number of hydrogen-bond acceptors (Lipinski definition) is 7. The summed E-state index contributed by atoms with van der Waals surface area (Å²) in [6, 6.07) is -1.06. The first-order valence-corrected chi connectivity index (χ1v) is 8.01. The molecule has 0 saturated heterocycles. The van der Waals surface area contributed by atoms with Crippen LogP contribution in [-0.2, 0) is 11.3 Å². The molecular weight excluding hydrogens is 314 g/mol. The summed E-state index contributed by atoms with van der Waals surface area (Å²) in [5.74, 6) is -1.06. The van der Waals surface area contributed by atoms with Gasteiger partial charge in [-0.2, -0.15) is 11.8 Å². The van der Waals surface area contributed by atoms with Gasteiger partial charge >= 0.3 is 0 Å². The van der Waals surface area contributed by atoms with Gasteiger partial charge in [-0.15, -0.1) is 0 Å². The molecule has 1 aromatic rings. The number of aromatic nitrogens is 2. The van der Waals surface area contributed by atoms with E-state index in [1.165, 1.54) is 16.3 Å². The fraction of sp³-hybridized carbons (Fsp3) is 0.500. The Morgan fingerprint density at radius 2 is 2.33 bits per heavy atom. The molecule has 0 aliphatic rings. The van der Waals surface area contributed by atoms with Crippen LogP contribution >= 0.6 is 24.0 Å². The number of aliphatic imine (C=N–C) groups is 1. The Labute approximate surface area is 130 Å². The zero-order valence-corrected chi connectivity index (χ0v) is 13.3. The maximum absolute atomic E-state index is 11.8. The van der Waals surface area contributed by atoms with Crippen molar-refractivity contribution in [3.63, 3.8) is 0 Å². The third-order valence-electron chi connectivity index (χ3n) is 2.77. The van der Waals surface area contributed by atoms with E-state index < -0.39 is 17.6 Å². The number of carboxylic acid groups (broad SMARTS) is 1. The maximum Gasteiger partial charge on any atom is 0.264 e. The third-order valence-corrected chi connectivity index (χ3v) is 3.74. The summed E-state index contributed by atoms with van der Waals surface area (Å²) in [5.41, 5.74) is -0.742. The highest BCUT2D eigenvalue weighted by Crippen LogP contribution is 2.12. The highest BCUT2D eigenvalue weighted by Gasteiger charge is 2.12. The van der Waals surface area contributed by atoms with Gasteiger partial charge in [0.15, 0.2) is 4.77 Å². The van der Waals surface area contributed by atoms with Gasteiger partial charge in [0.1, 0.15) is 5.56 Å². The summed E-state index contributed by atoms with van der Waals surface area (Å²) in [6.45, 7) is 2.11. The minimum absolute atomic E-state index is 0.0935. The van der Waals surface area contributed by atoms with Crippen LogP contribution in [0.1, 0.15) is 18.9 Å². The van der Waals surface area contributed by atoms with Gasteiger partial charge in [0.2, 0.25) is 5.88 Å². The molecule has 1 rings (SSSR count). The van der Waals surface area contributed by atoms with E-state index in [0.29, 0.717) is 12.3 Å². The molecule has 116 valence electrons. The Kier molecular flexibility index (Phi) is 6.63. The van der Waals surface area contributed by atoms with Gasteiger partial charge < -0.3 is 15.0 Å². The van der Waals surface area contributed by atoms with Crippen molar-refractivity contribution in [3.8, 4) is 5.88 Å². The van der Waals surface area contributed by atoms with E-state index in [0.717, 1.165) is 6.21 Å². The minimum Gasteiger partial charge on any atom is -0.548 e. The quantitative estimate of drug-likeness (QED) is 0.534. The van der Waals surface area contributed by atoms with E-state index in [2.05, 4.69) is 9.98 Å². The van der Waals surface area contributed by atoms with E-state index in [1.54, 1.807) is 6.92 Å². The van der Waals surface area contributed by atoms with Gasteiger partial charge in [0.25, 0.3) is 5.56 Å². The van der Waals surface area contributed by atoms with Gasteiger partial charge in [0.05, 0.1) is 12.0 Å². The number of nitrogens with zero attached hydrogens (tertiary/aromatic N) is 2. The first-order valence-electron chi connectivity index (χ1n) is 6.21. The second-order valence-electron chi connectivity index (χ2n) is 4.14. The van der Waals surface area contributed by atoms with Gasteiger partial charge in [-0.3, -0.25) is 19.3 Å². The Morgan fingerprint density at radius 1 is 1.67 bits per heavy atom. The molecule has 0 amide bonds. The van der Waals surface area contributed by atoms with Gasteiger partial charge in [-0.25, -0.2) is 0 Å². The largest absolute Gasteiger partial charge is 0.548 e. The van der Waals surface area contributed by atoms with Gasteiger partial charge in [0, 0.05) is 12.8 Å². The normalized spacial score (nSPS) is 12.7. The van der Waals surface area contributed by atoms with Crippen LogP contribution in [0.4, 0.5) is 0 Å². The lowest BCUT2D eigenvalue weighted by atomic mass is 10.2. The van der Waals surface area contributed by atoms with Crippen molar-refractivity contribution in [1.82, 2.24) is 9.55 Å². The van der Waals surface area contributed by atoms with E-state index in [1.807, 2.05) is 6.26 Å². The van der Waals surface area contributed by atoms with Gasteiger partial charge in [-0.1, -0.05) is 0 Å². The van der Waals surface area contributed by atoms with Crippen molar-refractivity contribution >= 4 is 36.2 Å². The van der Waals surface area contributed by atoms with Crippen LogP contribution in [0.25, 0.3) is 0 Å². The molecule has 1 aromatic heterocycles. The van der Waals surface area contributed by atoms with Crippen LogP contribution in [-0.4, -0.2) is 44.9 Å². The van der Waals surface area contributed by atoms with Crippen molar-refractivity contribution in [2.75, 3.05) is 12.0 Å². The number of thioether (sulfide) groups is 1. The molecule has 1 heterocycles. The number of rotatable bonds is 7. The van der Waals surface area contributed by atoms with Crippen LogP contribution in [0.2, 0.25) is 0 Å². The van der Waals surface area contributed by atoms with Crippen LogP contribution in [0, 0.1) is 4.77 Å². The van der Waals surface area contributed by atoms with Crippen molar-refractivity contribution in [1.29, 1.82) is 0 Å². The lowest BCUT2D eigenvalue weighted by molar-refractivity contribution is -0.307. The predicted octanol–water partition coefficient (Wildman–Crippen LogP) is -0.0781. The summed E-state index contributed by atoms with van der Waals surface area (Å²) in [5, 5.41) is 21.0. The summed E-state index contributed by atoms with van der Waals surface area (Å²) in [6.07, 6.45) is 3.18. The van der Waals surface area contributed by atoms with Crippen LogP contribution in [0.3, 0.4) is 0 Å².